The van der Waals surface area contributed by atoms with Crippen molar-refractivity contribution < 1.29 is 8.81 Å². The molecular formula is C8H4BrFN2O. The summed E-state index contributed by atoms with van der Waals surface area (Å²) in [4.78, 5) is 0. The van der Waals surface area contributed by atoms with Crippen LogP contribution in [0.15, 0.2) is 33.5 Å². The monoisotopic (exact) mass is 242 g/mol. The largest absolute Gasteiger partial charge is 0.423 e. The van der Waals surface area contributed by atoms with Crippen molar-refractivity contribution in [2.24, 2.45) is 0 Å². The van der Waals surface area contributed by atoms with Crippen molar-refractivity contribution >= 4 is 15.9 Å². The van der Waals surface area contributed by atoms with E-state index in [0.29, 0.717) is 10.0 Å². The van der Waals surface area contributed by atoms with Crippen molar-refractivity contribution in [1.82, 2.24) is 10.2 Å². The second-order valence-corrected chi connectivity index (χ2v) is 3.19. The molecule has 0 N–H and O–H groups in total. The van der Waals surface area contributed by atoms with Gasteiger partial charge in [-0.2, -0.15) is 0 Å². The molecule has 0 atom stereocenters. The van der Waals surface area contributed by atoms with Gasteiger partial charge in [0.25, 0.3) is 5.89 Å². The van der Waals surface area contributed by atoms with E-state index in [1.54, 1.807) is 12.1 Å². The van der Waals surface area contributed by atoms with Gasteiger partial charge in [0.1, 0.15) is 5.82 Å². The van der Waals surface area contributed by atoms with Gasteiger partial charge >= 0.3 is 0 Å². The molecule has 66 valence electrons. The lowest BCUT2D eigenvalue weighted by atomic mass is 10.2. The average Bonchev–Trinajstić information content (AvgIpc) is 2.57. The molecular weight excluding hydrogens is 239 g/mol. The zero-order chi connectivity index (χ0) is 9.26. The van der Waals surface area contributed by atoms with Gasteiger partial charge < -0.3 is 4.42 Å². The predicted octanol–water partition coefficient (Wildman–Crippen LogP) is 2.64. The van der Waals surface area contributed by atoms with E-state index >= 15 is 0 Å². The van der Waals surface area contributed by atoms with Gasteiger partial charge in [0.2, 0.25) is 6.39 Å². The highest BCUT2D eigenvalue weighted by Crippen LogP contribution is 2.28. The average molecular weight is 243 g/mol. The molecule has 3 nitrogen and oxygen atoms in total. The molecule has 0 aliphatic heterocycles. The molecule has 1 aromatic carbocycles. The van der Waals surface area contributed by atoms with Crippen molar-refractivity contribution in [3.05, 3.63) is 34.9 Å². The van der Waals surface area contributed by atoms with Crippen LogP contribution in [0, 0.1) is 5.82 Å². The van der Waals surface area contributed by atoms with Gasteiger partial charge in [-0.1, -0.05) is 6.07 Å². The Balaban J connectivity index is 2.64. The van der Waals surface area contributed by atoms with Crippen LogP contribution in [0.5, 0.6) is 0 Å². The van der Waals surface area contributed by atoms with Gasteiger partial charge in [-0.25, -0.2) is 4.39 Å². The quantitative estimate of drug-likeness (QED) is 0.772. The van der Waals surface area contributed by atoms with Crippen LogP contribution in [-0.4, -0.2) is 10.2 Å². The molecule has 5 heteroatoms. The van der Waals surface area contributed by atoms with Crippen LogP contribution < -0.4 is 0 Å². The topological polar surface area (TPSA) is 38.9 Å². The molecule has 2 rings (SSSR count). The van der Waals surface area contributed by atoms with Gasteiger partial charge in [-0.05, 0) is 28.1 Å². The third-order valence-corrected chi connectivity index (χ3v) is 2.20. The number of halogens is 2. The van der Waals surface area contributed by atoms with Crippen molar-refractivity contribution in [2.45, 2.75) is 0 Å². The zero-order valence-electron chi connectivity index (χ0n) is 6.37. The molecule has 0 aliphatic carbocycles. The van der Waals surface area contributed by atoms with Crippen molar-refractivity contribution in [2.75, 3.05) is 0 Å². The maximum absolute atomic E-state index is 13.3. The molecule has 1 aromatic heterocycles. The van der Waals surface area contributed by atoms with E-state index in [0.717, 1.165) is 6.39 Å². The van der Waals surface area contributed by atoms with Gasteiger partial charge in [-0.15, -0.1) is 10.2 Å². The zero-order valence-corrected chi connectivity index (χ0v) is 7.95. The van der Waals surface area contributed by atoms with Gasteiger partial charge in [0.05, 0.1) is 5.56 Å². The first-order valence-electron chi connectivity index (χ1n) is 3.49. The molecule has 2 aromatic rings. The predicted molar refractivity (Wildman–Crippen MR) is 47.4 cm³/mol. The van der Waals surface area contributed by atoms with E-state index < -0.39 is 5.82 Å². The first-order chi connectivity index (χ1) is 6.29. The molecule has 0 radical (unpaired) electrons. The Hall–Kier alpha value is -1.23. The first-order valence-corrected chi connectivity index (χ1v) is 4.29. The third kappa shape index (κ3) is 1.47. The molecule has 0 saturated heterocycles. The van der Waals surface area contributed by atoms with Crippen molar-refractivity contribution in [3.63, 3.8) is 0 Å². The Morgan fingerprint density at radius 1 is 1.38 bits per heavy atom. The molecule has 0 aliphatic rings. The second-order valence-electron chi connectivity index (χ2n) is 2.34. The minimum Gasteiger partial charge on any atom is -0.423 e. The lowest BCUT2D eigenvalue weighted by molar-refractivity contribution is 0.557. The Morgan fingerprint density at radius 3 is 2.85 bits per heavy atom. The molecule has 1 heterocycles. The molecule has 0 saturated carbocycles. The normalized spacial score (nSPS) is 10.3. The summed E-state index contributed by atoms with van der Waals surface area (Å²) in [5.41, 5.74) is 0.292. The molecule has 0 unspecified atom stereocenters. The third-order valence-electron chi connectivity index (χ3n) is 1.54. The summed E-state index contributed by atoms with van der Waals surface area (Å²) in [5, 5.41) is 7.10. The van der Waals surface area contributed by atoms with Crippen molar-refractivity contribution in [1.29, 1.82) is 0 Å². The minimum atomic E-state index is -0.390. The van der Waals surface area contributed by atoms with Crippen LogP contribution in [0.1, 0.15) is 0 Å². The summed E-state index contributed by atoms with van der Waals surface area (Å²) in [6, 6.07) is 4.65. The summed E-state index contributed by atoms with van der Waals surface area (Å²) < 4.78 is 18.7. The summed E-state index contributed by atoms with van der Waals surface area (Å²) in [6.07, 6.45) is 1.16. The second kappa shape index (κ2) is 3.26. The summed E-state index contributed by atoms with van der Waals surface area (Å²) in [6.45, 7) is 0. The molecule has 13 heavy (non-hydrogen) atoms. The highest BCUT2D eigenvalue weighted by atomic mass is 79.9. The van der Waals surface area contributed by atoms with E-state index in [2.05, 4.69) is 26.1 Å². The number of hydrogen-bond donors (Lipinski definition) is 0. The number of aromatic nitrogens is 2. The highest BCUT2D eigenvalue weighted by Gasteiger charge is 2.13. The molecule has 0 fully saturated rings. The Kier molecular flexibility index (Phi) is 2.10. The van der Waals surface area contributed by atoms with Crippen LogP contribution in [0.25, 0.3) is 11.5 Å². The number of benzene rings is 1. The first kappa shape index (κ1) is 8.37. The fraction of sp³-hybridized carbons (Fsp3) is 0. The molecule has 0 amide bonds. The Bertz CT molecular complexity index is 396. The van der Waals surface area contributed by atoms with E-state index in [-0.39, 0.29) is 5.89 Å². The Labute approximate surface area is 81.7 Å². The van der Waals surface area contributed by atoms with Gasteiger partial charge in [-0.3, -0.25) is 0 Å². The van der Waals surface area contributed by atoms with E-state index in [1.807, 2.05) is 0 Å². The van der Waals surface area contributed by atoms with E-state index in [9.17, 15) is 4.39 Å². The highest BCUT2D eigenvalue weighted by molar-refractivity contribution is 9.10. The maximum atomic E-state index is 13.3. The summed E-state index contributed by atoms with van der Waals surface area (Å²) >= 11 is 3.20. The van der Waals surface area contributed by atoms with E-state index in [4.69, 9.17) is 4.42 Å². The maximum Gasteiger partial charge on any atom is 0.251 e. The van der Waals surface area contributed by atoms with Crippen LogP contribution in [0.2, 0.25) is 0 Å². The van der Waals surface area contributed by atoms with Gasteiger partial charge in [0, 0.05) is 4.47 Å². The lowest BCUT2D eigenvalue weighted by Gasteiger charge is -1.99. The fourth-order valence-corrected chi connectivity index (χ4v) is 1.50. The lowest BCUT2D eigenvalue weighted by Crippen LogP contribution is -1.85. The fourth-order valence-electron chi connectivity index (χ4n) is 0.984. The summed E-state index contributed by atoms with van der Waals surface area (Å²) in [5.74, 6) is -0.219. The summed E-state index contributed by atoms with van der Waals surface area (Å²) in [7, 11) is 0. The van der Waals surface area contributed by atoms with Crippen LogP contribution in [0.4, 0.5) is 4.39 Å². The van der Waals surface area contributed by atoms with Crippen LogP contribution in [-0.2, 0) is 0 Å². The number of rotatable bonds is 1. The minimum absolute atomic E-state index is 0.171. The molecule has 0 bridgehead atoms. The SMILES string of the molecule is Fc1cccc(Br)c1-c1nnco1. The van der Waals surface area contributed by atoms with E-state index in [1.165, 1.54) is 6.07 Å². The Morgan fingerprint density at radius 2 is 2.23 bits per heavy atom. The number of nitrogens with zero attached hydrogens (tertiary/aromatic N) is 2. The van der Waals surface area contributed by atoms with Crippen LogP contribution >= 0.6 is 15.9 Å². The van der Waals surface area contributed by atoms with Crippen LogP contribution in [0.3, 0.4) is 0 Å². The smallest absolute Gasteiger partial charge is 0.251 e. The van der Waals surface area contributed by atoms with Gasteiger partial charge in [0.15, 0.2) is 0 Å². The molecule has 0 spiro atoms. The standard InChI is InChI=1S/C8H4BrFN2O/c9-5-2-1-3-6(10)7(5)8-12-11-4-13-8/h1-4H. The number of hydrogen-bond acceptors (Lipinski definition) is 3. The van der Waals surface area contributed by atoms with Crippen molar-refractivity contribution in [3.8, 4) is 11.5 Å².